The third-order valence-corrected chi connectivity index (χ3v) is 4.56. The van der Waals surface area contributed by atoms with Crippen molar-refractivity contribution in [2.75, 3.05) is 26.2 Å². The Bertz CT molecular complexity index is 494. The molecule has 0 aliphatic carbocycles. The molecule has 7 heteroatoms. The van der Waals surface area contributed by atoms with E-state index in [0.717, 1.165) is 19.5 Å². The number of halogens is 1. The van der Waals surface area contributed by atoms with Gasteiger partial charge in [-0.05, 0) is 41.5 Å². The first kappa shape index (κ1) is 16.6. The lowest BCUT2D eigenvalue weighted by Gasteiger charge is -2.19. The highest BCUT2D eigenvalue weighted by molar-refractivity contribution is 9.10. The largest absolute Gasteiger partial charge is 0.302 e. The predicted octanol–water partition coefficient (Wildman–Crippen LogP) is 1.85. The number of nitrogens with one attached hydrogen (secondary N) is 1. The highest BCUT2D eigenvalue weighted by Gasteiger charge is 2.14. The van der Waals surface area contributed by atoms with Gasteiger partial charge in [-0.15, -0.1) is 0 Å². The standard InChI is InChI=1S/C12H20BrN3O2S/c1-3-6-16(4-2)7-5-15-19(17,18)12-8-11(13)9-14-10-12/h8-10,15H,3-7H2,1-2H3. The zero-order chi connectivity index (χ0) is 14.3. The highest BCUT2D eigenvalue weighted by atomic mass is 79.9. The van der Waals surface area contributed by atoms with Gasteiger partial charge in [0.2, 0.25) is 10.0 Å². The molecule has 1 heterocycles. The summed E-state index contributed by atoms with van der Waals surface area (Å²) in [5, 5.41) is 0. The van der Waals surface area contributed by atoms with Crippen molar-refractivity contribution >= 4 is 26.0 Å². The van der Waals surface area contributed by atoms with Crippen LogP contribution in [0.2, 0.25) is 0 Å². The Balaban J connectivity index is 2.56. The number of hydrogen-bond acceptors (Lipinski definition) is 4. The highest BCUT2D eigenvalue weighted by Crippen LogP contribution is 2.13. The van der Waals surface area contributed by atoms with Crippen molar-refractivity contribution in [1.29, 1.82) is 0 Å². The summed E-state index contributed by atoms with van der Waals surface area (Å²) in [4.78, 5) is 6.25. The summed E-state index contributed by atoms with van der Waals surface area (Å²) in [5.74, 6) is 0. The number of nitrogens with zero attached hydrogens (tertiary/aromatic N) is 2. The van der Waals surface area contributed by atoms with Crippen LogP contribution in [0.3, 0.4) is 0 Å². The number of aromatic nitrogens is 1. The van der Waals surface area contributed by atoms with Crippen LogP contribution in [0, 0.1) is 0 Å². The van der Waals surface area contributed by atoms with Crippen LogP contribution in [0.25, 0.3) is 0 Å². The second kappa shape index (κ2) is 7.94. The lowest BCUT2D eigenvalue weighted by Crippen LogP contribution is -2.35. The van der Waals surface area contributed by atoms with E-state index < -0.39 is 10.0 Å². The normalized spacial score (nSPS) is 12.0. The summed E-state index contributed by atoms with van der Waals surface area (Å²) >= 11 is 3.21. The van der Waals surface area contributed by atoms with Gasteiger partial charge in [0.25, 0.3) is 0 Å². The fraction of sp³-hybridized carbons (Fsp3) is 0.583. The van der Waals surface area contributed by atoms with Crippen molar-refractivity contribution in [2.24, 2.45) is 0 Å². The number of rotatable bonds is 8. The smallest absolute Gasteiger partial charge is 0.242 e. The summed E-state index contributed by atoms with van der Waals surface area (Å²) in [6.07, 6.45) is 3.96. The fourth-order valence-electron chi connectivity index (χ4n) is 1.71. The zero-order valence-corrected chi connectivity index (χ0v) is 13.7. The molecule has 5 nitrogen and oxygen atoms in total. The Kier molecular flexibility index (Phi) is 6.92. The number of likely N-dealkylation sites (N-methyl/N-ethyl adjacent to an activating group) is 1. The summed E-state index contributed by atoms with van der Waals surface area (Å²) < 4.78 is 27.3. The summed E-state index contributed by atoms with van der Waals surface area (Å²) in [5.41, 5.74) is 0. The Morgan fingerprint density at radius 2 is 2.05 bits per heavy atom. The molecule has 0 bridgehead atoms. The molecule has 19 heavy (non-hydrogen) atoms. The van der Waals surface area contributed by atoms with Crippen molar-refractivity contribution in [2.45, 2.75) is 25.2 Å². The van der Waals surface area contributed by atoms with Crippen molar-refractivity contribution in [1.82, 2.24) is 14.6 Å². The zero-order valence-electron chi connectivity index (χ0n) is 11.3. The van der Waals surface area contributed by atoms with Crippen LogP contribution in [-0.4, -0.2) is 44.5 Å². The van der Waals surface area contributed by atoms with Crippen molar-refractivity contribution in [3.05, 3.63) is 22.9 Å². The summed E-state index contributed by atoms with van der Waals surface area (Å²) in [6.45, 7) is 7.21. The summed E-state index contributed by atoms with van der Waals surface area (Å²) in [6, 6.07) is 1.54. The van der Waals surface area contributed by atoms with Gasteiger partial charge in [-0.25, -0.2) is 13.1 Å². The van der Waals surface area contributed by atoms with Crippen LogP contribution in [0.5, 0.6) is 0 Å². The van der Waals surface area contributed by atoms with E-state index in [0.29, 0.717) is 17.6 Å². The monoisotopic (exact) mass is 349 g/mol. The second-order valence-electron chi connectivity index (χ2n) is 4.17. The van der Waals surface area contributed by atoms with Gasteiger partial charge < -0.3 is 4.90 Å². The molecule has 1 rings (SSSR count). The van der Waals surface area contributed by atoms with E-state index in [2.05, 4.69) is 44.4 Å². The Hall–Kier alpha value is -0.500. The summed E-state index contributed by atoms with van der Waals surface area (Å²) in [7, 11) is -3.47. The van der Waals surface area contributed by atoms with E-state index in [-0.39, 0.29) is 4.90 Å². The van der Waals surface area contributed by atoms with Gasteiger partial charge >= 0.3 is 0 Å². The molecule has 0 amide bonds. The van der Waals surface area contributed by atoms with E-state index in [1.54, 1.807) is 12.3 Å². The third-order valence-electron chi connectivity index (χ3n) is 2.70. The van der Waals surface area contributed by atoms with E-state index in [9.17, 15) is 8.42 Å². The topological polar surface area (TPSA) is 62.3 Å². The van der Waals surface area contributed by atoms with E-state index in [1.165, 1.54) is 6.20 Å². The lowest BCUT2D eigenvalue weighted by molar-refractivity contribution is 0.293. The quantitative estimate of drug-likeness (QED) is 0.777. The van der Waals surface area contributed by atoms with Gasteiger partial charge in [0, 0.05) is 30.0 Å². The SMILES string of the molecule is CCCN(CC)CCNS(=O)(=O)c1cncc(Br)c1. The molecule has 1 aromatic heterocycles. The van der Waals surface area contributed by atoms with Gasteiger partial charge in [0.1, 0.15) is 4.90 Å². The molecule has 0 fully saturated rings. The maximum Gasteiger partial charge on any atom is 0.242 e. The van der Waals surface area contributed by atoms with Gasteiger partial charge in [-0.1, -0.05) is 13.8 Å². The van der Waals surface area contributed by atoms with E-state index in [1.807, 2.05) is 0 Å². The molecule has 0 saturated carbocycles. The van der Waals surface area contributed by atoms with E-state index >= 15 is 0 Å². The van der Waals surface area contributed by atoms with Gasteiger partial charge in [-0.3, -0.25) is 4.98 Å². The minimum absolute atomic E-state index is 0.181. The molecule has 1 N–H and O–H groups in total. The van der Waals surface area contributed by atoms with Crippen LogP contribution in [0.15, 0.2) is 27.8 Å². The Morgan fingerprint density at radius 1 is 1.32 bits per heavy atom. The first-order valence-electron chi connectivity index (χ1n) is 6.32. The van der Waals surface area contributed by atoms with E-state index in [4.69, 9.17) is 0 Å². The van der Waals surface area contributed by atoms with Crippen LogP contribution >= 0.6 is 15.9 Å². The number of pyridine rings is 1. The van der Waals surface area contributed by atoms with Crippen LogP contribution in [0.1, 0.15) is 20.3 Å². The average Bonchev–Trinajstić information content (AvgIpc) is 2.37. The second-order valence-corrected chi connectivity index (χ2v) is 6.85. The predicted molar refractivity (Wildman–Crippen MR) is 79.5 cm³/mol. The van der Waals surface area contributed by atoms with Crippen LogP contribution < -0.4 is 4.72 Å². The average molecular weight is 350 g/mol. The molecular weight excluding hydrogens is 330 g/mol. The molecule has 0 saturated heterocycles. The molecule has 0 aromatic carbocycles. The molecule has 0 radical (unpaired) electrons. The van der Waals surface area contributed by atoms with Gasteiger partial charge in [0.15, 0.2) is 0 Å². The number of hydrogen-bond donors (Lipinski definition) is 1. The Labute approximate surface area is 123 Å². The molecule has 0 atom stereocenters. The lowest BCUT2D eigenvalue weighted by atomic mass is 10.4. The first-order chi connectivity index (χ1) is 8.99. The first-order valence-corrected chi connectivity index (χ1v) is 8.59. The number of sulfonamides is 1. The molecule has 0 spiro atoms. The van der Waals surface area contributed by atoms with Crippen LogP contribution in [-0.2, 0) is 10.0 Å². The van der Waals surface area contributed by atoms with Crippen molar-refractivity contribution < 1.29 is 8.42 Å². The molecule has 0 aliphatic heterocycles. The van der Waals surface area contributed by atoms with Gasteiger partial charge in [0.05, 0.1) is 0 Å². The third kappa shape index (κ3) is 5.56. The minimum Gasteiger partial charge on any atom is -0.302 e. The maximum absolute atomic E-state index is 12.0. The van der Waals surface area contributed by atoms with Crippen LogP contribution in [0.4, 0.5) is 0 Å². The molecule has 0 unspecified atom stereocenters. The molecule has 1 aromatic rings. The Morgan fingerprint density at radius 3 is 2.63 bits per heavy atom. The van der Waals surface area contributed by atoms with Gasteiger partial charge in [-0.2, -0.15) is 0 Å². The van der Waals surface area contributed by atoms with Crippen molar-refractivity contribution in [3.63, 3.8) is 0 Å². The fourth-order valence-corrected chi connectivity index (χ4v) is 3.23. The molecule has 108 valence electrons. The minimum atomic E-state index is -3.47. The van der Waals surface area contributed by atoms with Crippen molar-refractivity contribution in [3.8, 4) is 0 Å². The molecular formula is C12H20BrN3O2S. The maximum atomic E-state index is 12.0. The molecule has 0 aliphatic rings.